The number of aromatic amines is 1. The van der Waals surface area contributed by atoms with Crippen LogP contribution in [0.25, 0.3) is 0 Å². The lowest BCUT2D eigenvalue weighted by molar-refractivity contribution is -0.367. The van der Waals surface area contributed by atoms with Crippen molar-refractivity contribution in [3.8, 4) is 0 Å². The van der Waals surface area contributed by atoms with Gasteiger partial charge in [0.15, 0.2) is 0 Å². The summed E-state index contributed by atoms with van der Waals surface area (Å²) in [4.78, 5) is 6.84. The van der Waals surface area contributed by atoms with E-state index in [1.165, 1.54) is 0 Å². The Balaban J connectivity index is 1.69. The molecule has 0 atom stereocenters. The molecule has 1 saturated heterocycles. The van der Waals surface area contributed by atoms with Crippen LogP contribution in [0, 0.1) is 0 Å². The predicted octanol–water partition coefficient (Wildman–Crippen LogP) is 3.08. The summed E-state index contributed by atoms with van der Waals surface area (Å²) in [6, 6.07) is 8.58. The molecule has 1 aliphatic heterocycles. The number of hydrogen-bond donors (Lipinski definition) is 1. The first-order valence-corrected chi connectivity index (χ1v) is 7.86. The van der Waals surface area contributed by atoms with Gasteiger partial charge in [0.05, 0.1) is 18.7 Å². The van der Waals surface area contributed by atoms with Crippen LogP contribution in [-0.2, 0) is 6.18 Å². The Hall–Kier alpha value is -2.15. The second-order valence-corrected chi connectivity index (χ2v) is 6.06. The van der Waals surface area contributed by atoms with Gasteiger partial charge in [-0.15, -0.1) is 0 Å². The number of piperazine rings is 1. The van der Waals surface area contributed by atoms with Gasteiger partial charge < -0.3 is 10.6 Å². The Kier molecular flexibility index (Phi) is 4.45. The number of alkyl halides is 3. The maximum absolute atomic E-state index is 12.7. The van der Waals surface area contributed by atoms with E-state index in [0.717, 1.165) is 31.0 Å². The monoisotopic (exact) mass is 357 g/mol. The standard InChI is InChI=1S/C16H16ClF3N4/c17-14-9-11(16(18,19)20)10-22-15(14)24-7-5-23(6-8-24)13-3-1-12(21)2-4-13/h1-4,9-10H,5-8,21H2/p+1. The third-order valence-electron chi connectivity index (χ3n) is 4.05. The highest BCUT2D eigenvalue weighted by molar-refractivity contribution is 6.32. The van der Waals surface area contributed by atoms with Crippen LogP contribution in [0.1, 0.15) is 5.56 Å². The molecule has 8 heteroatoms. The van der Waals surface area contributed by atoms with Crippen molar-refractivity contribution in [2.45, 2.75) is 6.18 Å². The normalized spacial score (nSPS) is 15.7. The molecule has 2 aromatic rings. The highest BCUT2D eigenvalue weighted by Gasteiger charge is 2.34. The fourth-order valence-electron chi connectivity index (χ4n) is 2.74. The summed E-state index contributed by atoms with van der Waals surface area (Å²) in [5.74, 6) is 0.515. The molecule has 1 aromatic heterocycles. The van der Waals surface area contributed by atoms with Crippen molar-refractivity contribution < 1.29 is 18.2 Å². The third kappa shape index (κ3) is 3.51. The van der Waals surface area contributed by atoms with E-state index in [9.17, 15) is 13.2 Å². The van der Waals surface area contributed by atoms with E-state index in [0.29, 0.717) is 24.6 Å². The van der Waals surface area contributed by atoms with Gasteiger partial charge in [-0.2, -0.15) is 13.2 Å². The van der Waals surface area contributed by atoms with Crippen LogP contribution in [0.3, 0.4) is 0 Å². The zero-order valence-electron chi connectivity index (χ0n) is 12.8. The molecule has 0 aliphatic carbocycles. The van der Waals surface area contributed by atoms with Crippen LogP contribution in [0.5, 0.6) is 0 Å². The van der Waals surface area contributed by atoms with Gasteiger partial charge >= 0.3 is 6.18 Å². The highest BCUT2D eigenvalue weighted by Crippen LogP contribution is 2.32. The highest BCUT2D eigenvalue weighted by atomic mass is 35.5. The van der Waals surface area contributed by atoms with Gasteiger partial charge in [-0.3, -0.25) is 4.90 Å². The summed E-state index contributed by atoms with van der Waals surface area (Å²) >= 11 is 6.04. The van der Waals surface area contributed by atoms with Crippen LogP contribution in [0.4, 0.5) is 30.4 Å². The van der Waals surface area contributed by atoms with E-state index < -0.39 is 11.7 Å². The molecule has 0 radical (unpaired) electrons. The third-order valence-corrected chi connectivity index (χ3v) is 4.34. The van der Waals surface area contributed by atoms with Crippen molar-refractivity contribution in [2.24, 2.45) is 0 Å². The first-order valence-electron chi connectivity index (χ1n) is 7.48. The van der Waals surface area contributed by atoms with Gasteiger partial charge in [0.2, 0.25) is 0 Å². The Labute approximate surface area is 142 Å². The second-order valence-electron chi connectivity index (χ2n) is 5.65. The molecular formula is C16H17ClF3N4+. The Morgan fingerprint density at radius 1 is 1.00 bits per heavy atom. The molecule has 4 nitrogen and oxygen atoms in total. The number of nitrogens with one attached hydrogen (secondary N) is 1. The van der Waals surface area contributed by atoms with Crippen molar-refractivity contribution >= 4 is 28.8 Å². The summed E-state index contributed by atoms with van der Waals surface area (Å²) in [5.41, 5.74) is 6.69. The maximum Gasteiger partial charge on any atom is 0.419 e. The minimum absolute atomic E-state index is 0.0748. The number of anilines is 3. The first-order chi connectivity index (χ1) is 11.3. The van der Waals surface area contributed by atoms with Crippen molar-refractivity contribution in [1.29, 1.82) is 0 Å². The Morgan fingerprint density at radius 2 is 1.58 bits per heavy atom. The molecule has 1 fully saturated rings. The van der Waals surface area contributed by atoms with Gasteiger partial charge in [-0.1, -0.05) is 11.6 Å². The molecule has 24 heavy (non-hydrogen) atoms. The molecule has 0 spiro atoms. The van der Waals surface area contributed by atoms with Gasteiger partial charge in [0, 0.05) is 11.4 Å². The van der Waals surface area contributed by atoms with Crippen LogP contribution in [0.15, 0.2) is 36.5 Å². The van der Waals surface area contributed by atoms with Crippen molar-refractivity contribution in [2.75, 3.05) is 41.7 Å². The zero-order chi connectivity index (χ0) is 17.3. The number of benzene rings is 1. The summed E-state index contributed by atoms with van der Waals surface area (Å²) < 4.78 is 38.1. The summed E-state index contributed by atoms with van der Waals surface area (Å²) in [6.07, 6.45) is -3.46. The molecule has 1 aliphatic rings. The van der Waals surface area contributed by atoms with Crippen molar-refractivity contribution in [3.05, 3.63) is 47.1 Å². The van der Waals surface area contributed by atoms with Crippen LogP contribution in [0.2, 0.25) is 5.02 Å². The first kappa shape index (κ1) is 16.7. The zero-order valence-corrected chi connectivity index (χ0v) is 13.5. The van der Waals surface area contributed by atoms with E-state index in [-0.39, 0.29) is 5.02 Å². The average Bonchev–Trinajstić information content (AvgIpc) is 2.55. The molecular weight excluding hydrogens is 341 g/mol. The van der Waals surface area contributed by atoms with Gasteiger partial charge in [-0.25, -0.2) is 4.98 Å². The van der Waals surface area contributed by atoms with Gasteiger partial charge in [0.25, 0.3) is 5.82 Å². The quantitative estimate of drug-likeness (QED) is 0.840. The lowest BCUT2D eigenvalue weighted by Gasteiger charge is -2.32. The van der Waals surface area contributed by atoms with E-state index >= 15 is 0 Å². The van der Waals surface area contributed by atoms with Gasteiger partial charge in [0.1, 0.15) is 24.3 Å². The molecule has 2 heterocycles. The summed E-state index contributed by atoms with van der Waals surface area (Å²) in [7, 11) is 0. The molecule has 1 aromatic carbocycles. The number of nitrogen functional groups attached to an aromatic ring is 1. The summed E-state index contributed by atoms with van der Waals surface area (Å²) in [5, 5.41) is 0.0748. The number of hydrogen-bond acceptors (Lipinski definition) is 3. The lowest BCUT2D eigenvalue weighted by atomic mass is 10.2. The fraction of sp³-hybridized carbons (Fsp3) is 0.312. The number of pyridine rings is 1. The maximum atomic E-state index is 12.7. The Morgan fingerprint density at radius 3 is 2.12 bits per heavy atom. The van der Waals surface area contributed by atoms with Crippen LogP contribution < -0.4 is 20.5 Å². The molecule has 3 N–H and O–H groups in total. The number of nitrogens with zero attached hydrogens (tertiary/aromatic N) is 2. The second kappa shape index (κ2) is 6.39. The van der Waals surface area contributed by atoms with E-state index in [4.69, 9.17) is 17.3 Å². The number of H-pyrrole nitrogens is 1. The molecule has 3 rings (SSSR count). The van der Waals surface area contributed by atoms with E-state index in [1.54, 1.807) is 0 Å². The van der Waals surface area contributed by atoms with Crippen molar-refractivity contribution in [3.63, 3.8) is 0 Å². The molecule has 0 saturated carbocycles. The van der Waals surface area contributed by atoms with Crippen LogP contribution >= 0.6 is 11.6 Å². The minimum atomic E-state index is -4.41. The predicted molar refractivity (Wildman–Crippen MR) is 88.3 cm³/mol. The van der Waals surface area contributed by atoms with E-state index in [1.807, 2.05) is 29.2 Å². The smallest absolute Gasteiger partial charge is 0.399 e. The number of halogens is 4. The number of rotatable bonds is 2. The van der Waals surface area contributed by atoms with Gasteiger partial charge in [-0.05, 0) is 30.3 Å². The fourth-order valence-corrected chi connectivity index (χ4v) is 3.03. The lowest BCUT2D eigenvalue weighted by Crippen LogP contribution is -2.48. The largest absolute Gasteiger partial charge is 0.419 e. The number of aromatic nitrogens is 1. The van der Waals surface area contributed by atoms with Crippen molar-refractivity contribution in [1.82, 2.24) is 0 Å². The Bertz CT molecular complexity index is 710. The number of nitrogens with two attached hydrogens (primary N) is 1. The summed E-state index contributed by atoms with van der Waals surface area (Å²) in [6.45, 7) is 2.81. The topological polar surface area (TPSA) is 46.6 Å². The van der Waals surface area contributed by atoms with Crippen LogP contribution in [-0.4, -0.2) is 26.2 Å². The molecule has 0 amide bonds. The van der Waals surface area contributed by atoms with E-state index in [2.05, 4.69) is 9.88 Å². The minimum Gasteiger partial charge on any atom is -0.399 e. The molecule has 128 valence electrons. The SMILES string of the molecule is Nc1ccc(N2CCN(c3[nH+]cc(C(F)(F)F)cc3Cl)CC2)cc1. The average molecular weight is 358 g/mol. The molecule has 0 unspecified atom stereocenters. The molecule has 0 bridgehead atoms.